The number of nitrogens with one attached hydrogen (secondary N) is 1. The second-order valence-electron chi connectivity index (χ2n) is 6.26. The fourth-order valence-electron chi connectivity index (χ4n) is 2.10. The Hall–Kier alpha value is -0.820. The summed E-state index contributed by atoms with van der Waals surface area (Å²) in [6.45, 7) is 13.6. The van der Waals surface area contributed by atoms with Gasteiger partial charge < -0.3 is 5.32 Å². The van der Waals surface area contributed by atoms with E-state index in [1.165, 1.54) is 17.5 Å². The van der Waals surface area contributed by atoms with Gasteiger partial charge in [0, 0.05) is 12.1 Å². The van der Waals surface area contributed by atoms with E-state index < -0.39 is 0 Å². The Morgan fingerprint density at radius 2 is 1.44 bits per heavy atom. The molecule has 2 atom stereocenters. The van der Waals surface area contributed by atoms with Crippen molar-refractivity contribution in [1.29, 1.82) is 0 Å². The second-order valence-corrected chi connectivity index (χ2v) is 6.26. The molecule has 2 unspecified atom stereocenters. The van der Waals surface area contributed by atoms with E-state index in [1.54, 1.807) is 0 Å². The third kappa shape index (κ3) is 4.81. The van der Waals surface area contributed by atoms with Crippen molar-refractivity contribution in [2.24, 2.45) is 11.8 Å². The van der Waals surface area contributed by atoms with E-state index in [9.17, 15) is 0 Å². The summed E-state index contributed by atoms with van der Waals surface area (Å²) in [4.78, 5) is 0. The van der Waals surface area contributed by atoms with Crippen molar-refractivity contribution in [2.45, 2.75) is 60.0 Å². The molecular formula is C17H29N. The molecule has 0 bridgehead atoms. The van der Waals surface area contributed by atoms with Crippen LogP contribution in [-0.4, -0.2) is 6.04 Å². The molecule has 0 aliphatic heterocycles. The first-order chi connectivity index (χ1) is 8.40. The molecule has 1 aromatic rings. The molecule has 0 fully saturated rings. The van der Waals surface area contributed by atoms with Crippen LogP contribution in [0.2, 0.25) is 0 Å². The lowest BCUT2D eigenvalue weighted by molar-refractivity contribution is 0.389. The molecule has 0 aliphatic carbocycles. The standard InChI is InChI=1S/C17H29N/c1-12(2)11-16-7-9-17(10-8-16)15(6)18-14(5)13(3)4/h7-10,12-15,18H,11H2,1-6H3. The third-order valence-corrected chi connectivity index (χ3v) is 3.64. The highest BCUT2D eigenvalue weighted by Crippen LogP contribution is 2.17. The first-order valence-corrected chi connectivity index (χ1v) is 7.25. The molecule has 1 heteroatoms. The SMILES string of the molecule is CC(C)Cc1ccc(C(C)NC(C)C(C)C)cc1. The molecule has 0 radical (unpaired) electrons. The van der Waals surface area contributed by atoms with Crippen molar-refractivity contribution in [3.8, 4) is 0 Å². The molecule has 18 heavy (non-hydrogen) atoms. The Kier molecular flexibility index (Phi) is 5.87. The predicted octanol–water partition coefficient (Wildman–Crippen LogP) is 4.58. The lowest BCUT2D eigenvalue weighted by Gasteiger charge is -2.23. The quantitative estimate of drug-likeness (QED) is 0.776. The molecule has 102 valence electrons. The van der Waals surface area contributed by atoms with Crippen LogP contribution in [0.1, 0.15) is 58.7 Å². The van der Waals surface area contributed by atoms with Gasteiger partial charge in [0.2, 0.25) is 0 Å². The van der Waals surface area contributed by atoms with Crippen LogP contribution in [0, 0.1) is 11.8 Å². The molecule has 1 aromatic carbocycles. The van der Waals surface area contributed by atoms with Crippen molar-refractivity contribution in [1.82, 2.24) is 5.32 Å². The largest absolute Gasteiger partial charge is 0.307 e. The van der Waals surface area contributed by atoms with Gasteiger partial charge in [-0.3, -0.25) is 0 Å². The number of rotatable bonds is 6. The van der Waals surface area contributed by atoms with Crippen LogP contribution in [0.4, 0.5) is 0 Å². The number of benzene rings is 1. The van der Waals surface area contributed by atoms with Gasteiger partial charge in [-0.05, 0) is 43.2 Å². The zero-order valence-corrected chi connectivity index (χ0v) is 12.8. The summed E-state index contributed by atoms with van der Waals surface area (Å²) >= 11 is 0. The van der Waals surface area contributed by atoms with Gasteiger partial charge >= 0.3 is 0 Å². The molecular weight excluding hydrogens is 218 g/mol. The van der Waals surface area contributed by atoms with Crippen LogP contribution >= 0.6 is 0 Å². The van der Waals surface area contributed by atoms with Crippen LogP contribution < -0.4 is 5.32 Å². The molecule has 1 N–H and O–H groups in total. The second kappa shape index (κ2) is 6.94. The maximum atomic E-state index is 3.66. The fourth-order valence-corrected chi connectivity index (χ4v) is 2.10. The monoisotopic (exact) mass is 247 g/mol. The maximum absolute atomic E-state index is 3.66. The average molecular weight is 247 g/mol. The molecule has 0 aromatic heterocycles. The summed E-state index contributed by atoms with van der Waals surface area (Å²) in [5.41, 5.74) is 2.83. The van der Waals surface area contributed by atoms with E-state index in [0.717, 1.165) is 5.92 Å². The van der Waals surface area contributed by atoms with Crippen molar-refractivity contribution in [3.63, 3.8) is 0 Å². The van der Waals surface area contributed by atoms with Gasteiger partial charge in [0.1, 0.15) is 0 Å². The third-order valence-electron chi connectivity index (χ3n) is 3.64. The lowest BCUT2D eigenvalue weighted by Crippen LogP contribution is -2.32. The molecule has 0 spiro atoms. The van der Waals surface area contributed by atoms with Gasteiger partial charge in [0.25, 0.3) is 0 Å². The van der Waals surface area contributed by atoms with Gasteiger partial charge in [-0.15, -0.1) is 0 Å². The molecule has 1 nitrogen and oxygen atoms in total. The highest BCUT2D eigenvalue weighted by molar-refractivity contribution is 5.25. The Bertz CT molecular complexity index is 337. The Balaban J connectivity index is 2.61. The minimum Gasteiger partial charge on any atom is -0.307 e. The number of hydrogen-bond acceptors (Lipinski definition) is 1. The van der Waals surface area contributed by atoms with Crippen molar-refractivity contribution in [2.75, 3.05) is 0 Å². The summed E-state index contributed by atoms with van der Waals surface area (Å²) in [6, 6.07) is 10.1. The van der Waals surface area contributed by atoms with E-state index in [4.69, 9.17) is 0 Å². The summed E-state index contributed by atoms with van der Waals surface area (Å²) in [6.07, 6.45) is 1.17. The van der Waals surface area contributed by atoms with Crippen molar-refractivity contribution < 1.29 is 0 Å². The van der Waals surface area contributed by atoms with E-state index in [-0.39, 0.29) is 0 Å². The average Bonchev–Trinajstić information content (AvgIpc) is 2.28. The van der Waals surface area contributed by atoms with Gasteiger partial charge in [-0.2, -0.15) is 0 Å². The van der Waals surface area contributed by atoms with Gasteiger partial charge in [0.05, 0.1) is 0 Å². The predicted molar refractivity (Wildman–Crippen MR) is 80.8 cm³/mol. The fraction of sp³-hybridized carbons (Fsp3) is 0.647. The summed E-state index contributed by atoms with van der Waals surface area (Å²) < 4.78 is 0. The van der Waals surface area contributed by atoms with Gasteiger partial charge in [-0.1, -0.05) is 52.0 Å². The number of hydrogen-bond donors (Lipinski definition) is 1. The molecule has 0 aliphatic rings. The Labute approximate surface area is 113 Å². The van der Waals surface area contributed by atoms with Crippen molar-refractivity contribution >= 4 is 0 Å². The van der Waals surface area contributed by atoms with Crippen LogP contribution in [0.5, 0.6) is 0 Å². The summed E-state index contributed by atoms with van der Waals surface area (Å²) in [7, 11) is 0. The molecule has 0 saturated carbocycles. The zero-order valence-electron chi connectivity index (χ0n) is 12.8. The van der Waals surface area contributed by atoms with E-state index >= 15 is 0 Å². The molecule has 0 heterocycles. The van der Waals surface area contributed by atoms with E-state index in [1.807, 2.05) is 0 Å². The topological polar surface area (TPSA) is 12.0 Å². The first kappa shape index (κ1) is 15.2. The molecule has 0 saturated heterocycles. The Morgan fingerprint density at radius 3 is 1.89 bits per heavy atom. The summed E-state index contributed by atoms with van der Waals surface area (Å²) in [5.74, 6) is 1.40. The van der Waals surface area contributed by atoms with Crippen molar-refractivity contribution in [3.05, 3.63) is 35.4 Å². The highest BCUT2D eigenvalue weighted by atomic mass is 14.9. The molecule has 1 rings (SSSR count). The maximum Gasteiger partial charge on any atom is 0.0294 e. The molecule has 0 amide bonds. The van der Waals surface area contributed by atoms with E-state index in [2.05, 4.69) is 71.1 Å². The van der Waals surface area contributed by atoms with Crippen LogP contribution in [-0.2, 0) is 6.42 Å². The first-order valence-electron chi connectivity index (χ1n) is 7.25. The van der Waals surface area contributed by atoms with Gasteiger partial charge in [0.15, 0.2) is 0 Å². The normalized spacial score (nSPS) is 15.1. The van der Waals surface area contributed by atoms with Crippen LogP contribution in [0.15, 0.2) is 24.3 Å². The zero-order chi connectivity index (χ0) is 13.7. The highest BCUT2D eigenvalue weighted by Gasteiger charge is 2.12. The lowest BCUT2D eigenvalue weighted by atomic mass is 9.99. The summed E-state index contributed by atoms with van der Waals surface area (Å²) in [5, 5.41) is 3.66. The van der Waals surface area contributed by atoms with E-state index in [0.29, 0.717) is 18.0 Å². The van der Waals surface area contributed by atoms with Gasteiger partial charge in [-0.25, -0.2) is 0 Å². The smallest absolute Gasteiger partial charge is 0.0294 e. The minimum absolute atomic E-state index is 0.426. The minimum atomic E-state index is 0.426. The Morgan fingerprint density at radius 1 is 0.889 bits per heavy atom. The van der Waals surface area contributed by atoms with Crippen LogP contribution in [0.3, 0.4) is 0 Å². The van der Waals surface area contributed by atoms with Crippen LogP contribution in [0.25, 0.3) is 0 Å².